The highest BCUT2D eigenvalue weighted by atomic mass is 16.5. The summed E-state index contributed by atoms with van der Waals surface area (Å²) in [6.07, 6.45) is 1.09. The van der Waals surface area contributed by atoms with Crippen LogP contribution < -0.4 is 10.6 Å². The Hall–Kier alpha value is -0.900. The quantitative estimate of drug-likeness (QED) is 0.720. The second kappa shape index (κ2) is 6.63. The van der Waals surface area contributed by atoms with E-state index in [-0.39, 0.29) is 0 Å². The molecule has 0 radical (unpaired) electrons. The highest BCUT2D eigenvalue weighted by Crippen LogP contribution is 1.98. The van der Waals surface area contributed by atoms with Crippen LogP contribution in [0.25, 0.3) is 0 Å². The molecule has 0 aliphatic carbocycles. The van der Waals surface area contributed by atoms with E-state index in [1.165, 1.54) is 5.56 Å². The molecule has 0 aromatic heterocycles. The molecule has 2 N–H and O–H groups in total. The summed E-state index contributed by atoms with van der Waals surface area (Å²) in [5, 5.41) is 6.89. The molecule has 3 nitrogen and oxygen atoms in total. The molecule has 1 saturated heterocycles. The van der Waals surface area contributed by atoms with Gasteiger partial charge in [0.15, 0.2) is 0 Å². The fourth-order valence-corrected chi connectivity index (χ4v) is 1.90. The molecule has 3 heteroatoms. The predicted molar refractivity (Wildman–Crippen MR) is 65.6 cm³/mol. The largest absolute Gasteiger partial charge is 0.378 e. The summed E-state index contributed by atoms with van der Waals surface area (Å²) in [4.78, 5) is 0. The third-order valence-corrected chi connectivity index (χ3v) is 2.82. The highest BCUT2D eigenvalue weighted by molar-refractivity contribution is 5.14. The zero-order valence-electron chi connectivity index (χ0n) is 9.61. The Labute approximate surface area is 97.2 Å². The van der Waals surface area contributed by atoms with Crippen molar-refractivity contribution in [2.45, 2.75) is 12.5 Å². The lowest BCUT2D eigenvalue weighted by Crippen LogP contribution is -2.47. The van der Waals surface area contributed by atoms with Gasteiger partial charge in [-0.15, -0.1) is 0 Å². The lowest BCUT2D eigenvalue weighted by atomic mass is 10.1. The molecule has 0 amide bonds. The third kappa shape index (κ3) is 3.93. The second-order valence-corrected chi connectivity index (χ2v) is 4.17. The summed E-state index contributed by atoms with van der Waals surface area (Å²) in [5.74, 6) is 0. The first kappa shape index (κ1) is 11.6. The Morgan fingerprint density at radius 3 is 2.94 bits per heavy atom. The number of hydrogen-bond acceptors (Lipinski definition) is 3. The average molecular weight is 220 g/mol. The fraction of sp³-hybridized carbons (Fsp3) is 0.538. The Morgan fingerprint density at radius 1 is 1.31 bits per heavy atom. The number of morpholine rings is 1. The van der Waals surface area contributed by atoms with Crippen LogP contribution in [0.15, 0.2) is 30.3 Å². The molecule has 1 fully saturated rings. The lowest BCUT2D eigenvalue weighted by Gasteiger charge is -2.24. The van der Waals surface area contributed by atoms with Gasteiger partial charge in [0, 0.05) is 19.1 Å². The monoisotopic (exact) mass is 220 g/mol. The molecule has 0 spiro atoms. The maximum atomic E-state index is 5.39. The number of hydrogen-bond donors (Lipinski definition) is 2. The zero-order chi connectivity index (χ0) is 11.1. The molecular formula is C13H20N2O. The number of nitrogens with one attached hydrogen (secondary N) is 2. The van der Waals surface area contributed by atoms with Gasteiger partial charge in [-0.3, -0.25) is 0 Å². The van der Waals surface area contributed by atoms with E-state index in [0.717, 1.165) is 39.3 Å². The molecular weight excluding hydrogens is 200 g/mol. The highest BCUT2D eigenvalue weighted by Gasteiger charge is 2.11. The van der Waals surface area contributed by atoms with Crippen LogP contribution in [-0.4, -0.2) is 38.9 Å². The number of benzene rings is 1. The summed E-state index contributed by atoms with van der Waals surface area (Å²) in [6, 6.07) is 11.1. The van der Waals surface area contributed by atoms with Gasteiger partial charge in [0.1, 0.15) is 0 Å². The van der Waals surface area contributed by atoms with Crippen LogP contribution in [0.4, 0.5) is 0 Å². The van der Waals surface area contributed by atoms with Gasteiger partial charge in [0.2, 0.25) is 0 Å². The van der Waals surface area contributed by atoms with Crippen LogP contribution in [0, 0.1) is 0 Å². The van der Waals surface area contributed by atoms with Gasteiger partial charge >= 0.3 is 0 Å². The summed E-state index contributed by atoms with van der Waals surface area (Å²) < 4.78 is 5.39. The second-order valence-electron chi connectivity index (χ2n) is 4.17. The van der Waals surface area contributed by atoms with Gasteiger partial charge in [-0.1, -0.05) is 30.3 Å². The van der Waals surface area contributed by atoms with E-state index >= 15 is 0 Å². The molecule has 16 heavy (non-hydrogen) atoms. The van der Waals surface area contributed by atoms with E-state index < -0.39 is 0 Å². The van der Waals surface area contributed by atoms with Crippen molar-refractivity contribution in [2.24, 2.45) is 0 Å². The minimum absolute atomic E-state index is 0.476. The third-order valence-electron chi connectivity index (χ3n) is 2.82. The molecule has 1 aromatic carbocycles. The standard InChI is InChI=1S/C13H20N2O/c1-2-4-12(5-3-1)6-7-14-10-13-11-16-9-8-15-13/h1-5,13-15H,6-11H2. The first-order valence-electron chi connectivity index (χ1n) is 6.01. The number of ether oxygens (including phenoxy) is 1. The van der Waals surface area contributed by atoms with Crippen molar-refractivity contribution in [3.8, 4) is 0 Å². The Bertz CT molecular complexity index is 283. The molecule has 1 atom stereocenters. The maximum Gasteiger partial charge on any atom is 0.0632 e. The molecule has 2 rings (SSSR count). The molecule has 0 bridgehead atoms. The van der Waals surface area contributed by atoms with Crippen molar-refractivity contribution in [1.29, 1.82) is 0 Å². The van der Waals surface area contributed by atoms with Gasteiger partial charge in [0.25, 0.3) is 0 Å². The molecule has 1 heterocycles. The van der Waals surface area contributed by atoms with E-state index in [4.69, 9.17) is 4.74 Å². The summed E-state index contributed by atoms with van der Waals surface area (Å²) in [7, 11) is 0. The normalized spacial score (nSPS) is 20.9. The lowest BCUT2D eigenvalue weighted by molar-refractivity contribution is 0.0768. The van der Waals surface area contributed by atoms with Crippen LogP contribution in [0.5, 0.6) is 0 Å². The van der Waals surface area contributed by atoms with Gasteiger partial charge in [-0.05, 0) is 18.5 Å². The van der Waals surface area contributed by atoms with Gasteiger partial charge in [-0.2, -0.15) is 0 Å². The van der Waals surface area contributed by atoms with Crippen molar-refractivity contribution in [3.63, 3.8) is 0 Å². The van der Waals surface area contributed by atoms with Gasteiger partial charge in [0.05, 0.1) is 13.2 Å². The van der Waals surface area contributed by atoms with Crippen molar-refractivity contribution >= 4 is 0 Å². The Morgan fingerprint density at radius 2 is 2.19 bits per heavy atom. The van der Waals surface area contributed by atoms with Crippen LogP contribution in [0.1, 0.15) is 5.56 Å². The molecule has 0 saturated carbocycles. The zero-order valence-corrected chi connectivity index (χ0v) is 9.61. The summed E-state index contributed by atoms with van der Waals surface area (Å²) in [5.41, 5.74) is 1.39. The fourth-order valence-electron chi connectivity index (χ4n) is 1.90. The minimum atomic E-state index is 0.476. The maximum absolute atomic E-state index is 5.39. The van der Waals surface area contributed by atoms with Crippen LogP contribution >= 0.6 is 0 Å². The first-order chi connectivity index (χ1) is 7.95. The van der Waals surface area contributed by atoms with Crippen molar-refractivity contribution in [2.75, 3.05) is 32.8 Å². The van der Waals surface area contributed by atoms with Crippen molar-refractivity contribution < 1.29 is 4.74 Å². The Balaban J connectivity index is 1.58. The summed E-state index contributed by atoms with van der Waals surface area (Å²) in [6.45, 7) is 4.68. The van der Waals surface area contributed by atoms with Crippen molar-refractivity contribution in [1.82, 2.24) is 10.6 Å². The van der Waals surface area contributed by atoms with E-state index in [0.29, 0.717) is 6.04 Å². The van der Waals surface area contributed by atoms with Crippen LogP contribution in [0.3, 0.4) is 0 Å². The van der Waals surface area contributed by atoms with Crippen LogP contribution in [-0.2, 0) is 11.2 Å². The molecule has 1 aliphatic heterocycles. The predicted octanol–water partition coefficient (Wildman–Crippen LogP) is 0.807. The van der Waals surface area contributed by atoms with E-state index in [1.807, 2.05) is 0 Å². The number of rotatable bonds is 5. The Kier molecular flexibility index (Phi) is 4.80. The average Bonchev–Trinajstić information content (AvgIpc) is 2.37. The SMILES string of the molecule is c1ccc(CCNCC2COCCN2)cc1. The van der Waals surface area contributed by atoms with Gasteiger partial charge < -0.3 is 15.4 Å². The molecule has 1 unspecified atom stereocenters. The molecule has 88 valence electrons. The molecule has 1 aliphatic rings. The smallest absolute Gasteiger partial charge is 0.0632 e. The van der Waals surface area contributed by atoms with E-state index in [2.05, 4.69) is 41.0 Å². The first-order valence-corrected chi connectivity index (χ1v) is 6.01. The molecule has 1 aromatic rings. The van der Waals surface area contributed by atoms with E-state index in [1.54, 1.807) is 0 Å². The topological polar surface area (TPSA) is 33.3 Å². The summed E-state index contributed by atoms with van der Waals surface area (Å²) >= 11 is 0. The van der Waals surface area contributed by atoms with E-state index in [9.17, 15) is 0 Å². The van der Waals surface area contributed by atoms with Crippen molar-refractivity contribution in [3.05, 3.63) is 35.9 Å². The minimum Gasteiger partial charge on any atom is -0.378 e. The van der Waals surface area contributed by atoms with Gasteiger partial charge in [-0.25, -0.2) is 0 Å². The van der Waals surface area contributed by atoms with Crippen LogP contribution in [0.2, 0.25) is 0 Å².